The maximum atomic E-state index is 12.5. The molecule has 8 atom stereocenters. The molecule has 5 aliphatic carbocycles. The van der Waals surface area contributed by atoms with Gasteiger partial charge >= 0.3 is 0 Å². The minimum absolute atomic E-state index is 0.00358. The Hall–Kier alpha value is -2.31. The van der Waals surface area contributed by atoms with E-state index in [1.807, 2.05) is 13.0 Å². The van der Waals surface area contributed by atoms with E-state index >= 15 is 0 Å². The molecule has 1 heterocycles. The Morgan fingerprint density at radius 3 is 2.53 bits per heavy atom. The zero-order valence-electron chi connectivity index (χ0n) is 22.4. The summed E-state index contributed by atoms with van der Waals surface area (Å²) in [6.07, 6.45) is 21.1. The van der Waals surface area contributed by atoms with Crippen molar-refractivity contribution in [3.05, 3.63) is 54.4 Å². The molecular formula is C33H41NO2. The van der Waals surface area contributed by atoms with Crippen LogP contribution in [0.3, 0.4) is 0 Å². The van der Waals surface area contributed by atoms with Crippen LogP contribution in [0, 0.1) is 51.8 Å². The lowest BCUT2D eigenvalue weighted by atomic mass is 9.40. The first-order valence-corrected chi connectivity index (χ1v) is 14.1. The third-order valence-corrected chi connectivity index (χ3v) is 11.5. The van der Waals surface area contributed by atoms with Crippen molar-refractivity contribution in [1.82, 2.24) is 4.57 Å². The fourth-order valence-electron chi connectivity index (χ4n) is 9.51. The van der Waals surface area contributed by atoms with E-state index in [9.17, 15) is 9.90 Å². The van der Waals surface area contributed by atoms with Gasteiger partial charge in [0.15, 0.2) is 5.78 Å². The second-order valence-electron chi connectivity index (χ2n) is 13.2. The molecule has 6 rings (SSSR count). The summed E-state index contributed by atoms with van der Waals surface area (Å²) in [7, 11) is 0. The largest absolute Gasteiger partial charge is 0.377 e. The number of nitrogens with zero attached hydrogens (tertiary/aromatic N) is 1. The van der Waals surface area contributed by atoms with Crippen molar-refractivity contribution in [1.29, 1.82) is 0 Å². The minimum atomic E-state index is -0.907. The standard InChI is InChI=1S/C33H41NO2/c1-5-14-33(36)18-13-27-26-9-8-23-21-25(35)12-17-31(23,3)29(26)28(22-32(27,33)4)30(2)15-10-24(11-16-30)34-19-6-7-20-34/h6-7,10-11,15,19-21,26-29,36H,8-9,12-13,16-18,22H2,1-4H3/t26-,27-,28-,29+,30?,31-,32-,33-/m0/s1. The zero-order valence-corrected chi connectivity index (χ0v) is 22.4. The van der Waals surface area contributed by atoms with Gasteiger partial charge in [0, 0.05) is 29.9 Å². The number of hydrogen-bond donors (Lipinski definition) is 1. The average molecular weight is 484 g/mol. The number of aromatic nitrogens is 1. The van der Waals surface area contributed by atoms with Crippen LogP contribution < -0.4 is 0 Å². The molecule has 5 aliphatic rings. The highest BCUT2D eigenvalue weighted by atomic mass is 16.3. The van der Waals surface area contributed by atoms with E-state index in [2.05, 4.69) is 79.9 Å². The summed E-state index contributed by atoms with van der Waals surface area (Å²) in [6, 6.07) is 4.15. The van der Waals surface area contributed by atoms with Crippen molar-refractivity contribution < 1.29 is 9.90 Å². The van der Waals surface area contributed by atoms with Gasteiger partial charge in [0.1, 0.15) is 5.60 Å². The number of rotatable bonds is 2. The van der Waals surface area contributed by atoms with Crippen LogP contribution in [-0.2, 0) is 4.79 Å². The van der Waals surface area contributed by atoms with E-state index in [0.717, 1.165) is 44.9 Å². The monoisotopic (exact) mass is 483 g/mol. The number of fused-ring (bicyclic) bond motifs is 5. The van der Waals surface area contributed by atoms with E-state index in [0.29, 0.717) is 35.9 Å². The molecule has 0 amide bonds. The van der Waals surface area contributed by atoms with Crippen LogP contribution in [0.25, 0.3) is 5.70 Å². The summed E-state index contributed by atoms with van der Waals surface area (Å²) in [5, 5.41) is 12.0. The molecular weight excluding hydrogens is 442 g/mol. The molecule has 0 bridgehead atoms. The van der Waals surface area contributed by atoms with Gasteiger partial charge in [0.25, 0.3) is 0 Å². The number of hydrogen-bond acceptors (Lipinski definition) is 2. The van der Waals surface area contributed by atoms with Gasteiger partial charge in [-0.1, -0.05) is 44.4 Å². The lowest BCUT2D eigenvalue weighted by Gasteiger charge is -2.64. The quantitative estimate of drug-likeness (QED) is 0.470. The maximum Gasteiger partial charge on any atom is 0.155 e. The highest BCUT2D eigenvalue weighted by Gasteiger charge is 2.67. The first-order chi connectivity index (χ1) is 17.1. The van der Waals surface area contributed by atoms with Crippen LogP contribution >= 0.6 is 0 Å². The highest BCUT2D eigenvalue weighted by molar-refractivity contribution is 5.91. The van der Waals surface area contributed by atoms with Gasteiger partial charge in [0.05, 0.1) is 0 Å². The molecule has 1 N–H and O–H groups in total. The van der Waals surface area contributed by atoms with Crippen molar-refractivity contribution in [2.45, 2.75) is 84.7 Å². The smallest absolute Gasteiger partial charge is 0.155 e. The maximum absolute atomic E-state index is 12.5. The van der Waals surface area contributed by atoms with Gasteiger partial charge in [-0.3, -0.25) is 4.79 Å². The Morgan fingerprint density at radius 1 is 1.06 bits per heavy atom. The fourth-order valence-corrected chi connectivity index (χ4v) is 9.51. The summed E-state index contributed by atoms with van der Waals surface area (Å²) < 4.78 is 2.19. The van der Waals surface area contributed by atoms with E-state index in [4.69, 9.17) is 0 Å². The summed E-state index contributed by atoms with van der Waals surface area (Å²) in [6.45, 7) is 9.15. The summed E-state index contributed by atoms with van der Waals surface area (Å²) in [5.74, 6) is 8.71. The van der Waals surface area contributed by atoms with Crippen LogP contribution in [0.1, 0.15) is 79.1 Å². The lowest BCUT2D eigenvalue weighted by molar-refractivity contribution is -0.150. The molecule has 0 spiro atoms. The molecule has 1 unspecified atom stereocenters. The molecule has 3 nitrogen and oxygen atoms in total. The molecule has 190 valence electrons. The van der Waals surface area contributed by atoms with Crippen molar-refractivity contribution in [3.63, 3.8) is 0 Å². The zero-order chi connectivity index (χ0) is 25.3. The molecule has 0 saturated heterocycles. The van der Waals surface area contributed by atoms with Gasteiger partial charge in [-0.15, -0.1) is 5.92 Å². The van der Waals surface area contributed by atoms with Gasteiger partial charge in [-0.2, -0.15) is 0 Å². The van der Waals surface area contributed by atoms with Crippen LogP contribution in [-0.4, -0.2) is 21.1 Å². The summed E-state index contributed by atoms with van der Waals surface area (Å²) in [4.78, 5) is 12.5. The molecule has 1 aromatic heterocycles. The predicted molar refractivity (Wildman–Crippen MR) is 145 cm³/mol. The van der Waals surface area contributed by atoms with Gasteiger partial charge in [0.2, 0.25) is 0 Å². The van der Waals surface area contributed by atoms with E-state index < -0.39 is 5.60 Å². The van der Waals surface area contributed by atoms with Gasteiger partial charge in [-0.25, -0.2) is 0 Å². The molecule has 3 heteroatoms. The number of aliphatic hydroxyl groups is 1. The van der Waals surface area contributed by atoms with Crippen molar-refractivity contribution in [2.75, 3.05) is 0 Å². The van der Waals surface area contributed by atoms with Crippen LogP contribution in [0.2, 0.25) is 0 Å². The van der Waals surface area contributed by atoms with Crippen molar-refractivity contribution in [3.8, 4) is 11.8 Å². The topological polar surface area (TPSA) is 42.2 Å². The second-order valence-corrected chi connectivity index (χ2v) is 13.2. The normalized spacial score (nSPS) is 45.5. The van der Waals surface area contributed by atoms with E-state index in [1.165, 1.54) is 11.3 Å². The Labute approximate surface area is 216 Å². The molecule has 0 aromatic carbocycles. The SMILES string of the molecule is CC#C[C@]1(O)CC[C@H]2[C@@H]3CCC4=CC(=O)CC[C@]4(C)[C@H]3[C@@H](C3(C)C=CC(n4cccc4)=CC3)C[C@@]21C. The molecule has 1 aromatic rings. The van der Waals surface area contributed by atoms with Gasteiger partial charge in [-0.05, 0) is 111 Å². The predicted octanol–water partition coefficient (Wildman–Crippen LogP) is 6.81. The van der Waals surface area contributed by atoms with Gasteiger partial charge < -0.3 is 9.67 Å². The third-order valence-electron chi connectivity index (χ3n) is 11.5. The summed E-state index contributed by atoms with van der Waals surface area (Å²) >= 11 is 0. The first-order valence-electron chi connectivity index (χ1n) is 14.1. The summed E-state index contributed by atoms with van der Waals surface area (Å²) in [5.41, 5.74) is 1.61. The molecule has 0 aliphatic heterocycles. The lowest BCUT2D eigenvalue weighted by Crippen LogP contribution is -2.60. The average Bonchev–Trinajstić information content (AvgIpc) is 3.47. The first kappa shape index (κ1) is 24.1. The minimum Gasteiger partial charge on any atom is -0.377 e. The van der Waals surface area contributed by atoms with Crippen molar-refractivity contribution >= 4 is 11.5 Å². The fraction of sp³-hybridized carbons (Fsp3) is 0.606. The Kier molecular flexibility index (Phi) is 5.41. The molecule has 0 radical (unpaired) electrons. The van der Waals surface area contributed by atoms with E-state index in [1.54, 1.807) is 0 Å². The number of carbonyl (C=O) groups is 1. The van der Waals surface area contributed by atoms with Crippen LogP contribution in [0.5, 0.6) is 0 Å². The van der Waals surface area contributed by atoms with Crippen LogP contribution in [0.15, 0.2) is 54.4 Å². The highest BCUT2D eigenvalue weighted by Crippen LogP contribution is 2.71. The van der Waals surface area contributed by atoms with E-state index in [-0.39, 0.29) is 16.2 Å². The Morgan fingerprint density at radius 2 is 1.83 bits per heavy atom. The van der Waals surface area contributed by atoms with Crippen molar-refractivity contribution in [2.24, 2.45) is 39.9 Å². The Balaban J connectivity index is 1.45. The second kappa shape index (κ2) is 8.09. The Bertz CT molecular complexity index is 1220. The third kappa shape index (κ3) is 3.26. The molecule has 3 saturated carbocycles. The number of carbonyl (C=O) groups excluding carboxylic acids is 1. The number of allylic oxidation sites excluding steroid dienone is 5. The molecule has 36 heavy (non-hydrogen) atoms. The number of ketones is 1. The van der Waals surface area contributed by atoms with Crippen LogP contribution in [0.4, 0.5) is 0 Å². The molecule has 3 fully saturated rings.